The number of hydrogen-bond donors (Lipinski definition) is 3. The van der Waals surface area contributed by atoms with E-state index in [0.717, 1.165) is 43.3 Å². The zero-order valence-corrected chi connectivity index (χ0v) is 23.2. The smallest absolute Gasteiger partial charge is 0.476 e. The Bertz CT molecular complexity index is 1260. The minimum Gasteiger partial charge on any atom is -0.476 e. The molecule has 0 fully saturated rings. The summed E-state index contributed by atoms with van der Waals surface area (Å²) < 4.78 is 69.3. The Balaban J connectivity index is 0.000000384. The van der Waals surface area contributed by atoms with Crippen LogP contribution in [0, 0.1) is 0 Å². The number of hydrogen-bond acceptors (Lipinski definition) is 6. The summed E-state index contributed by atoms with van der Waals surface area (Å²) in [5.74, 6) is -3.80. The molecular formula is C29H31F6N3O5. The molecule has 0 saturated heterocycles. The minimum absolute atomic E-state index is 0.0666. The molecule has 2 heterocycles. The van der Waals surface area contributed by atoms with Crippen molar-refractivity contribution in [1.82, 2.24) is 10.3 Å². The van der Waals surface area contributed by atoms with Crippen molar-refractivity contribution in [2.45, 2.75) is 37.7 Å². The highest BCUT2D eigenvalue weighted by Gasteiger charge is 2.39. The molecule has 0 saturated carbocycles. The SMILES string of the molecule is CN(CCC(C)(c1ccccc1)c1ccccc1)c1ccc2c(n1)OCCNC2.O=C(O)C(F)(F)F.O=C(O)C(F)(F)F. The lowest BCUT2D eigenvalue weighted by molar-refractivity contribution is -0.193. The highest BCUT2D eigenvalue weighted by Crippen LogP contribution is 2.36. The fraction of sp³-hybridized carbons (Fsp3) is 0.345. The topological polar surface area (TPSA) is 112 Å². The van der Waals surface area contributed by atoms with Gasteiger partial charge >= 0.3 is 24.3 Å². The van der Waals surface area contributed by atoms with E-state index in [9.17, 15) is 26.3 Å². The van der Waals surface area contributed by atoms with Crippen molar-refractivity contribution in [1.29, 1.82) is 0 Å². The standard InChI is InChI=1S/C25H29N3O.2C2HF3O2/c1-25(21-9-5-3-6-10-21,22-11-7-4-8-12-22)15-17-28(2)23-14-13-20-19-26-16-18-29-24(20)27-23;2*3-2(4,5)1(6)7/h3-14,26H,15-19H2,1-2H3;2*(H,6,7). The summed E-state index contributed by atoms with van der Waals surface area (Å²) >= 11 is 0. The number of alkyl halides is 6. The average molecular weight is 616 g/mol. The van der Waals surface area contributed by atoms with E-state index < -0.39 is 24.3 Å². The van der Waals surface area contributed by atoms with E-state index >= 15 is 0 Å². The number of carbonyl (C=O) groups is 2. The lowest BCUT2D eigenvalue weighted by atomic mass is 9.73. The number of pyridine rings is 1. The number of fused-ring (bicyclic) bond motifs is 1. The molecule has 0 radical (unpaired) electrons. The van der Waals surface area contributed by atoms with Crippen molar-refractivity contribution in [3.05, 3.63) is 89.5 Å². The molecule has 234 valence electrons. The number of aromatic nitrogens is 1. The van der Waals surface area contributed by atoms with E-state index in [-0.39, 0.29) is 5.41 Å². The lowest BCUT2D eigenvalue weighted by Gasteiger charge is -2.33. The number of carboxylic acids is 2. The van der Waals surface area contributed by atoms with Crippen LogP contribution in [0.5, 0.6) is 5.88 Å². The second-order valence-electron chi connectivity index (χ2n) is 9.50. The molecule has 0 spiro atoms. The van der Waals surface area contributed by atoms with Crippen LogP contribution < -0.4 is 15.0 Å². The van der Waals surface area contributed by atoms with Gasteiger partial charge in [0.25, 0.3) is 0 Å². The van der Waals surface area contributed by atoms with Gasteiger partial charge in [-0.15, -0.1) is 0 Å². The van der Waals surface area contributed by atoms with E-state index in [4.69, 9.17) is 29.5 Å². The van der Waals surface area contributed by atoms with Crippen molar-refractivity contribution in [2.24, 2.45) is 0 Å². The zero-order valence-electron chi connectivity index (χ0n) is 23.2. The summed E-state index contributed by atoms with van der Waals surface area (Å²) in [6.07, 6.45) is -9.18. The number of anilines is 1. The molecule has 1 aromatic heterocycles. The van der Waals surface area contributed by atoms with Crippen LogP contribution in [0.4, 0.5) is 32.2 Å². The first-order valence-electron chi connectivity index (χ1n) is 12.8. The Morgan fingerprint density at radius 1 is 0.860 bits per heavy atom. The molecule has 3 aromatic rings. The quantitative estimate of drug-likeness (QED) is 0.305. The number of halogens is 6. The summed E-state index contributed by atoms with van der Waals surface area (Å²) in [6.45, 7) is 5.56. The molecule has 43 heavy (non-hydrogen) atoms. The summed E-state index contributed by atoms with van der Waals surface area (Å²) in [6, 6.07) is 25.8. The summed E-state index contributed by atoms with van der Waals surface area (Å²) in [4.78, 5) is 24.8. The number of carboxylic acid groups (broad SMARTS) is 2. The predicted molar refractivity (Wildman–Crippen MR) is 146 cm³/mol. The maximum absolute atomic E-state index is 10.6. The molecular weight excluding hydrogens is 584 g/mol. The summed E-state index contributed by atoms with van der Waals surface area (Å²) in [5, 5.41) is 17.6. The zero-order chi connectivity index (χ0) is 32.3. The van der Waals surface area contributed by atoms with Gasteiger partial charge in [-0.05, 0) is 29.7 Å². The second kappa shape index (κ2) is 15.2. The van der Waals surface area contributed by atoms with Gasteiger partial charge in [0.05, 0.1) is 0 Å². The molecule has 2 aromatic carbocycles. The largest absolute Gasteiger partial charge is 0.490 e. The fourth-order valence-corrected chi connectivity index (χ4v) is 3.95. The van der Waals surface area contributed by atoms with Crippen LogP contribution in [-0.4, -0.2) is 66.2 Å². The molecule has 0 unspecified atom stereocenters. The monoisotopic (exact) mass is 615 g/mol. The molecule has 0 atom stereocenters. The van der Waals surface area contributed by atoms with Crippen molar-refractivity contribution >= 4 is 17.8 Å². The Morgan fingerprint density at radius 3 is 1.77 bits per heavy atom. The third-order valence-corrected chi connectivity index (χ3v) is 6.40. The maximum atomic E-state index is 10.6. The molecule has 0 amide bonds. The summed E-state index contributed by atoms with van der Waals surface area (Å²) in [5.41, 5.74) is 3.73. The Kier molecular flexibility index (Phi) is 12.4. The van der Waals surface area contributed by atoms with Gasteiger partial charge < -0.3 is 25.2 Å². The van der Waals surface area contributed by atoms with Crippen molar-refractivity contribution in [3.8, 4) is 5.88 Å². The van der Waals surface area contributed by atoms with E-state index in [2.05, 4.69) is 97.0 Å². The number of ether oxygens (including phenoxy) is 1. The predicted octanol–water partition coefficient (Wildman–Crippen LogP) is 5.66. The molecule has 14 heteroatoms. The van der Waals surface area contributed by atoms with Gasteiger partial charge in [0, 0.05) is 37.7 Å². The van der Waals surface area contributed by atoms with Gasteiger partial charge in [0.1, 0.15) is 12.4 Å². The molecule has 0 bridgehead atoms. The maximum Gasteiger partial charge on any atom is 0.490 e. The molecule has 3 N–H and O–H groups in total. The van der Waals surface area contributed by atoms with Crippen molar-refractivity contribution < 1.29 is 50.9 Å². The molecule has 8 nitrogen and oxygen atoms in total. The van der Waals surface area contributed by atoms with Crippen LogP contribution in [0.25, 0.3) is 0 Å². The number of nitrogens with one attached hydrogen (secondary N) is 1. The summed E-state index contributed by atoms with van der Waals surface area (Å²) in [7, 11) is 2.11. The lowest BCUT2D eigenvalue weighted by Crippen LogP contribution is -2.31. The van der Waals surface area contributed by atoms with Crippen LogP contribution in [0.3, 0.4) is 0 Å². The molecule has 1 aliphatic rings. The first-order valence-corrected chi connectivity index (χ1v) is 12.8. The number of nitrogens with zero attached hydrogens (tertiary/aromatic N) is 2. The molecule has 0 aliphatic carbocycles. The van der Waals surface area contributed by atoms with Crippen LogP contribution in [0.2, 0.25) is 0 Å². The Labute approximate surface area is 243 Å². The van der Waals surface area contributed by atoms with Crippen LogP contribution in [-0.2, 0) is 21.5 Å². The first kappa shape index (κ1) is 34.9. The van der Waals surface area contributed by atoms with Gasteiger partial charge in [-0.3, -0.25) is 0 Å². The first-order chi connectivity index (χ1) is 20.1. The van der Waals surface area contributed by atoms with E-state index in [1.807, 2.05) is 0 Å². The minimum atomic E-state index is -5.08. The highest BCUT2D eigenvalue weighted by atomic mass is 19.4. The average Bonchev–Trinajstić information content (AvgIpc) is 3.21. The highest BCUT2D eigenvalue weighted by molar-refractivity contribution is 5.73. The number of aliphatic carboxylic acids is 2. The van der Waals surface area contributed by atoms with E-state index in [1.54, 1.807) is 0 Å². The number of benzene rings is 2. The van der Waals surface area contributed by atoms with Gasteiger partial charge in [0.2, 0.25) is 5.88 Å². The molecule has 1 aliphatic heterocycles. The second-order valence-corrected chi connectivity index (χ2v) is 9.50. The Hall–Kier alpha value is -4.33. The van der Waals surface area contributed by atoms with Crippen LogP contribution in [0.1, 0.15) is 30.0 Å². The van der Waals surface area contributed by atoms with Crippen molar-refractivity contribution in [3.63, 3.8) is 0 Å². The third-order valence-electron chi connectivity index (χ3n) is 6.40. The van der Waals surface area contributed by atoms with Gasteiger partial charge in [0.15, 0.2) is 0 Å². The van der Waals surface area contributed by atoms with Crippen LogP contribution >= 0.6 is 0 Å². The van der Waals surface area contributed by atoms with Gasteiger partial charge in [-0.2, -0.15) is 31.3 Å². The Morgan fingerprint density at radius 2 is 1.33 bits per heavy atom. The van der Waals surface area contributed by atoms with Crippen molar-refractivity contribution in [2.75, 3.05) is 31.6 Å². The fourth-order valence-electron chi connectivity index (χ4n) is 3.95. The normalized spacial score (nSPS) is 13.0. The van der Waals surface area contributed by atoms with E-state index in [1.165, 1.54) is 11.1 Å². The van der Waals surface area contributed by atoms with Crippen LogP contribution in [0.15, 0.2) is 72.8 Å². The van der Waals surface area contributed by atoms with Gasteiger partial charge in [-0.25, -0.2) is 9.59 Å². The number of rotatable bonds is 6. The van der Waals surface area contributed by atoms with E-state index in [0.29, 0.717) is 6.61 Å². The van der Waals surface area contributed by atoms with Gasteiger partial charge in [-0.1, -0.05) is 67.6 Å². The third kappa shape index (κ3) is 10.8. The molecule has 4 rings (SSSR count).